The quantitative estimate of drug-likeness (QED) is 0.307. The number of phosphoric ester groups is 1. The lowest BCUT2D eigenvalue weighted by Gasteiger charge is -2.11. The van der Waals surface area contributed by atoms with Gasteiger partial charge in [0.05, 0.1) is 13.2 Å². The lowest BCUT2D eigenvalue weighted by Crippen LogP contribution is -2.10. The minimum Gasteiger partial charge on any atom is -0.458 e. The van der Waals surface area contributed by atoms with Gasteiger partial charge in [0.2, 0.25) is 5.83 Å². The van der Waals surface area contributed by atoms with Gasteiger partial charge in [-0.2, -0.15) is 4.39 Å². The number of hydrogen-bond acceptors (Lipinski definition) is 5. The molecule has 0 amide bonds. The van der Waals surface area contributed by atoms with Crippen LogP contribution < -0.4 is 0 Å². The molecule has 8 heteroatoms. The van der Waals surface area contributed by atoms with Crippen LogP contribution in [0.1, 0.15) is 13.3 Å². The van der Waals surface area contributed by atoms with E-state index >= 15 is 0 Å². The summed E-state index contributed by atoms with van der Waals surface area (Å²) in [5, 5.41) is 0. The molecule has 0 aromatic carbocycles. The third kappa shape index (κ3) is 7.53. The van der Waals surface area contributed by atoms with Crippen LogP contribution in [0.3, 0.4) is 0 Å². The average molecular weight is 256 g/mol. The molecule has 94 valence electrons. The molecule has 0 spiro atoms. The maximum absolute atomic E-state index is 12.1. The van der Waals surface area contributed by atoms with Crippen LogP contribution in [0, 0.1) is 0 Å². The summed E-state index contributed by atoms with van der Waals surface area (Å²) >= 11 is 0. The highest BCUT2D eigenvalue weighted by Gasteiger charge is 2.20. The van der Waals surface area contributed by atoms with Crippen LogP contribution in [0.15, 0.2) is 12.4 Å². The molecule has 0 aliphatic heterocycles. The topological polar surface area (TPSA) is 82.1 Å². The van der Waals surface area contributed by atoms with Crippen molar-refractivity contribution in [2.24, 2.45) is 0 Å². The van der Waals surface area contributed by atoms with Crippen LogP contribution >= 0.6 is 7.82 Å². The Morgan fingerprint density at radius 1 is 1.38 bits per heavy atom. The van der Waals surface area contributed by atoms with Gasteiger partial charge in [0, 0.05) is 0 Å². The molecule has 1 unspecified atom stereocenters. The van der Waals surface area contributed by atoms with Crippen LogP contribution in [0.2, 0.25) is 0 Å². The number of carbonyl (C=O) groups excluding carboxylic acids is 1. The Morgan fingerprint density at radius 2 is 1.94 bits per heavy atom. The number of halogens is 1. The fourth-order valence-electron chi connectivity index (χ4n) is 0.609. The largest absolute Gasteiger partial charge is 0.472 e. The first-order valence-electron chi connectivity index (χ1n) is 4.52. The molecule has 1 atom stereocenters. The summed E-state index contributed by atoms with van der Waals surface area (Å²) in [6.45, 7) is 3.83. The summed E-state index contributed by atoms with van der Waals surface area (Å²) in [6, 6.07) is 0. The van der Waals surface area contributed by atoms with E-state index in [1.165, 1.54) is 0 Å². The van der Waals surface area contributed by atoms with Crippen molar-refractivity contribution in [2.75, 3.05) is 19.8 Å². The number of ether oxygens (including phenoxy) is 1. The second kappa shape index (κ2) is 7.51. The highest BCUT2D eigenvalue weighted by atomic mass is 31.2. The van der Waals surface area contributed by atoms with E-state index in [1.807, 2.05) is 0 Å². The minimum absolute atomic E-state index is 0.0782. The van der Waals surface area contributed by atoms with Crippen molar-refractivity contribution in [3.8, 4) is 0 Å². The molecule has 6 nitrogen and oxygen atoms in total. The first-order chi connectivity index (χ1) is 7.39. The molecule has 0 radical (unpaired) electrons. The van der Waals surface area contributed by atoms with E-state index in [-0.39, 0.29) is 19.8 Å². The Morgan fingerprint density at radius 3 is 2.44 bits per heavy atom. The molecule has 0 heterocycles. The molecule has 0 aromatic heterocycles. The summed E-state index contributed by atoms with van der Waals surface area (Å²) in [4.78, 5) is 19.5. The van der Waals surface area contributed by atoms with Gasteiger partial charge >= 0.3 is 13.8 Å². The van der Waals surface area contributed by atoms with E-state index in [0.717, 1.165) is 0 Å². The highest BCUT2D eigenvalue weighted by molar-refractivity contribution is 7.47. The predicted octanol–water partition coefficient (Wildman–Crippen LogP) is 1.56. The zero-order chi connectivity index (χ0) is 12.6. The van der Waals surface area contributed by atoms with E-state index < -0.39 is 19.6 Å². The van der Waals surface area contributed by atoms with Crippen molar-refractivity contribution in [3.63, 3.8) is 0 Å². The molecule has 0 bridgehead atoms. The fraction of sp³-hybridized carbons (Fsp3) is 0.625. The van der Waals surface area contributed by atoms with Gasteiger partial charge in [-0.05, 0) is 6.42 Å². The van der Waals surface area contributed by atoms with E-state index in [9.17, 15) is 13.8 Å². The molecule has 1 N–H and O–H groups in total. The van der Waals surface area contributed by atoms with Crippen LogP contribution in [-0.4, -0.2) is 30.7 Å². The first kappa shape index (κ1) is 15.2. The third-order valence-corrected chi connectivity index (χ3v) is 2.27. The monoisotopic (exact) mass is 256 g/mol. The van der Waals surface area contributed by atoms with E-state index in [2.05, 4.69) is 20.4 Å². The summed E-state index contributed by atoms with van der Waals surface area (Å²) in [5.74, 6) is -2.47. The third-order valence-electron chi connectivity index (χ3n) is 1.25. The lowest BCUT2D eigenvalue weighted by molar-refractivity contribution is -0.141. The van der Waals surface area contributed by atoms with Gasteiger partial charge in [0.15, 0.2) is 0 Å². The summed E-state index contributed by atoms with van der Waals surface area (Å²) in [5.41, 5.74) is 0. The molecule has 0 fully saturated rings. The van der Waals surface area contributed by atoms with Crippen molar-refractivity contribution in [2.45, 2.75) is 13.3 Å². The normalized spacial score (nSPS) is 14.2. The molecule has 16 heavy (non-hydrogen) atoms. The zero-order valence-corrected chi connectivity index (χ0v) is 9.74. The number of rotatable bonds is 8. The van der Waals surface area contributed by atoms with Gasteiger partial charge in [0.1, 0.15) is 6.61 Å². The number of carbonyl (C=O) groups is 1. The van der Waals surface area contributed by atoms with Crippen molar-refractivity contribution >= 4 is 13.8 Å². The second-order valence-electron chi connectivity index (χ2n) is 2.68. The molecule has 0 rings (SSSR count). The number of esters is 1. The van der Waals surface area contributed by atoms with Gasteiger partial charge in [-0.15, -0.1) is 0 Å². The Kier molecular flexibility index (Phi) is 7.16. The van der Waals surface area contributed by atoms with Crippen LogP contribution in [0.25, 0.3) is 0 Å². The standard InChI is InChI=1S/C8H14FO6P/c1-3-4-14-16(11,12)15-6-5-13-8(10)7(2)9/h2-6H2,1H3,(H,11,12). The highest BCUT2D eigenvalue weighted by Crippen LogP contribution is 2.42. The molecule has 0 aliphatic carbocycles. The molecule has 0 saturated carbocycles. The van der Waals surface area contributed by atoms with E-state index in [0.29, 0.717) is 6.42 Å². The molecule has 0 aliphatic rings. The Labute approximate surface area is 92.6 Å². The molecular formula is C8H14FO6P. The van der Waals surface area contributed by atoms with Crippen molar-refractivity contribution in [1.29, 1.82) is 0 Å². The van der Waals surface area contributed by atoms with Crippen LogP contribution in [0.5, 0.6) is 0 Å². The van der Waals surface area contributed by atoms with Gasteiger partial charge in [-0.1, -0.05) is 13.5 Å². The molecular weight excluding hydrogens is 242 g/mol. The Hall–Kier alpha value is -0.750. The summed E-state index contributed by atoms with van der Waals surface area (Å²) in [6.07, 6.45) is 0.560. The average Bonchev–Trinajstić information content (AvgIpc) is 2.21. The van der Waals surface area contributed by atoms with Crippen LogP contribution in [0.4, 0.5) is 4.39 Å². The number of hydrogen-bond donors (Lipinski definition) is 1. The lowest BCUT2D eigenvalue weighted by atomic mass is 10.5. The second-order valence-corrected chi connectivity index (χ2v) is 4.13. The van der Waals surface area contributed by atoms with Crippen molar-refractivity contribution in [1.82, 2.24) is 0 Å². The van der Waals surface area contributed by atoms with Gasteiger partial charge in [-0.3, -0.25) is 9.05 Å². The molecule has 0 aromatic rings. The minimum atomic E-state index is -4.10. The maximum atomic E-state index is 12.1. The zero-order valence-electron chi connectivity index (χ0n) is 8.85. The number of phosphoric acid groups is 1. The van der Waals surface area contributed by atoms with E-state index in [1.54, 1.807) is 6.92 Å². The molecule has 0 saturated heterocycles. The van der Waals surface area contributed by atoms with Gasteiger partial charge in [0.25, 0.3) is 0 Å². The summed E-state index contributed by atoms with van der Waals surface area (Å²) < 4.78 is 36.3. The smallest absolute Gasteiger partial charge is 0.458 e. The van der Waals surface area contributed by atoms with E-state index in [4.69, 9.17) is 4.89 Å². The summed E-state index contributed by atoms with van der Waals surface area (Å²) in [7, 11) is -4.10. The van der Waals surface area contributed by atoms with Crippen molar-refractivity contribution < 1.29 is 32.4 Å². The van der Waals surface area contributed by atoms with Crippen molar-refractivity contribution in [3.05, 3.63) is 12.4 Å². The fourth-order valence-corrected chi connectivity index (χ4v) is 1.40. The maximum Gasteiger partial charge on any atom is 0.472 e. The SMILES string of the molecule is C=C(F)C(=O)OCCOP(=O)(O)OCCC. The predicted molar refractivity (Wildman–Crippen MR) is 53.2 cm³/mol. The van der Waals surface area contributed by atoms with Gasteiger partial charge < -0.3 is 9.63 Å². The Balaban J connectivity index is 3.69. The Bertz CT molecular complexity index is 292. The van der Waals surface area contributed by atoms with Crippen LogP contribution in [-0.2, 0) is 23.1 Å². The first-order valence-corrected chi connectivity index (χ1v) is 6.02. The van der Waals surface area contributed by atoms with Gasteiger partial charge in [-0.25, -0.2) is 9.36 Å².